The lowest BCUT2D eigenvalue weighted by Crippen LogP contribution is -2.40. The molecule has 5 nitrogen and oxygen atoms in total. The smallest absolute Gasteiger partial charge is 0.222 e. The summed E-state index contributed by atoms with van der Waals surface area (Å²) in [7, 11) is 1.69. The average molecular weight is 283 g/mol. The van der Waals surface area contributed by atoms with Crippen molar-refractivity contribution in [3.8, 4) is 0 Å². The van der Waals surface area contributed by atoms with Crippen molar-refractivity contribution < 1.29 is 4.79 Å². The number of hydrogen-bond acceptors (Lipinski definition) is 4. The summed E-state index contributed by atoms with van der Waals surface area (Å²) in [6, 6.07) is 0. The van der Waals surface area contributed by atoms with E-state index in [1.807, 2.05) is 6.92 Å². The van der Waals surface area contributed by atoms with Gasteiger partial charge in [-0.05, 0) is 19.3 Å². The summed E-state index contributed by atoms with van der Waals surface area (Å²) >= 11 is 6.11. The molecule has 1 saturated heterocycles. The zero-order valence-corrected chi connectivity index (χ0v) is 12.1. The van der Waals surface area contributed by atoms with E-state index < -0.39 is 0 Å². The first-order valence-corrected chi connectivity index (χ1v) is 7.01. The average Bonchev–Trinajstić information content (AvgIpc) is 2.46. The molecular formula is C13H19ClN4O. The third kappa shape index (κ3) is 2.97. The van der Waals surface area contributed by atoms with Gasteiger partial charge in [0.2, 0.25) is 5.91 Å². The molecule has 2 rings (SSSR count). The first kappa shape index (κ1) is 14.1. The molecule has 1 aliphatic heterocycles. The number of anilines is 1. The molecule has 0 aromatic carbocycles. The van der Waals surface area contributed by atoms with Gasteiger partial charge >= 0.3 is 0 Å². The molecule has 1 aliphatic rings. The fourth-order valence-corrected chi connectivity index (χ4v) is 2.78. The van der Waals surface area contributed by atoms with Crippen molar-refractivity contribution in [2.75, 3.05) is 25.0 Å². The zero-order chi connectivity index (χ0) is 13.8. The molecule has 0 atom stereocenters. The van der Waals surface area contributed by atoms with Crippen LogP contribution in [0.1, 0.15) is 25.3 Å². The molecule has 2 heterocycles. The number of piperidine rings is 1. The maximum absolute atomic E-state index is 11.6. The maximum Gasteiger partial charge on any atom is 0.222 e. The van der Waals surface area contributed by atoms with Gasteiger partial charge in [-0.15, -0.1) is 0 Å². The van der Waals surface area contributed by atoms with E-state index in [1.165, 1.54) is 6.33 Å². The molecular weight excluding hydrogens is 264 g/mol. The van der Waals surface area contributed by atoms with E-state index in [4.69, 9.17) is 11.6 Å². The molecule has 1 N–H and O–H groups in total. The van der Waals surface area contributed by atoms with Crippen LogP contribution in [0.3, 0.4) is 0 Å². The van der Waals surface area contributed by atoms with Crippen molar-refractivity contribution in [1.82, 2.24) is 15.3 Å². The summed E-state index contributed by atoms with van der Waals surface area (Å²) in [6.07, 6.45) is 4.01. The van der Waals surface area contributed by atoms with Gasteiger partial charge in [-0.3, -0.25) is 4.79 Å². The summed E-state index contributed by atoms with van der Waals surface area (Å²) < 4.78 is 0. The molecule has 1 amide bonds. The number of carbonyl (C=O) groups excluding carboxylic acids is 1. The van der Waals surface area contributed by atoms with Crippen LogP contribution < -0.4 is 10.2 Å². The largest absolute Gasteiger partial charge is 0.359 e. The number of carbonyl (C=O) groups is 1. The van der Waals surface area contributed by atoms with Gasteiger partial charge in [0.1, 0.15) is 17.3 Å². The van der Waals surface area contributed by atoms with E-state index in [2.05, 4.69) is 20.2 Å². The van der Waals surface area contributed by atoms with Gasteiger partial charge in [0.25, 0.3) is 0 Å². The number of amides is 1. The van der Waals surface area contributed by atoms with Gasteiger partial charge in [0, 0.05) is 31.6 Å². The van der Waals surface area contributed by atoms with Crippen LogP contribution in [0.15, 0.2) is 6.33 Å². The number of rotatable bonds is 3. The number of hydrogen-bond donors (Lipinski definition) is 1. The van der Waals surface area contributed by atoms with Crippen molar-refractivity contribution in [2.45, 2.75) is 26.2 Å². The third-order valence-electron chi connectivity index (χ3n) is 3.64. The molecule has 104 valence electrons. The van der Waals surface area contributed by atoms with Crippen LogP contribution in [0.25, 0.3) is 0 Å². The van der Waals surface area contributed by atoms with Crippen LogP contribution in [0.4, 0.5) is 5.82 Å². The molecule has 1 aromatic heterocycles. The van der Waals surface area contributed by atoms with Crippen molar-refractivity contribution in [2.24, 2.45) is 5.92 Å². The quantitative estimate of drug-likeness (QED) is 0.857. The molecule has 1 fully saturated rings. The Morgan fingerprint density at radius 1 is 1.47 bits per heavy atom. The second-order valence-electron chi connectivity index (χ2n) is 4.70. The zero-order valence-electron chi connectivity index (χ0n) is 11.3. The fourth-order valence-electron chi connectivity index (χ4n) is 2.52. The van der Waals surface area contributed by atoms with Gasteiger partial charge in [-0.25, -0.2) is 9.97 Å². The van der Waals surface area contributed by atoms with Crippen molar-refractivity contribution in [1.29, 1.82) is 0 Å². The number of nitrogens with zero attached hydrogens (tertiary/aromatic N) is 3. The Balaban J connectivity index is 2.10. The van der Waals surface area contributed by atoms with Gasteiger partial charge in [-0.1, -0.05) is 18.5 Å². The van der Waals surface area contributed by atoms with Crippen LogP contribution in [-0.2, 0) is 11.2 Å². The minimum absolute atomic E-state index is 0.114. The van der Waals surface area contributed by atoms with E-state index in [9.17, 15) is 4.79 Å². The lowest BCUT2D eigenvalue weighted by atomic mass is 9.95. The van der Waals surface area contributed by atoms with Gasteiger partial charge in [-0.2, -0.15) is 0 Å². The predicted octanol–water partition coefficient (Wildman–Crippen LogP) is 1.65. The summed E-state index contributed by atoms with van der Waals surface area (Å²) in [5.74, 6) is 1.16. The van der Waals surface area contributed by atoms with Crippen LogP contribution >= 0.6 is 11.6 Å². The number of aromatic nitrogens is 2. The first-order chi connectivity index (χ1) is 9.17. The first-order valence-electron chi connectivity index (χ1n) is 6.63. The Hall–Kier alpha value is -1.36. The Morgan fingerprint density at radius 2 is 2.16 bits per heavy atom. The van der Waals surface area contributed by atoms with Gasteiger partial charge < -0.3 is 10.2 Å². The second kappa shape index (κ2) is 6.19. The lowest BCUT2D eigenvalue weighted by Gasteiger charge is -2.33. The van der Waals surface area contributed by atoms with E-state index >= 15 is 0 Å². The molecule has 6 heteroatoms. The van der Waals surface area contributed by atoms with E-state index in [-0.39, 0.29) is 11.8 Å². The summed E-state index contributed by atoms with van der Waals surface area (Å²) in [4.78, 5) is 22.2. The highest BCUT2D eigenvalue weighted by molar-refractivity contribution is 6.30. The Kier molecular flexibility index (Phi) is 4.58. The third-order valence-corrected chi connectivity index (χ3v) is 3.96. The molecule has 0 aliphatic carbocycles. The summed E-state index contributed by atoms with van der Waals surface area (Å²) in [5, 5.41) is 3.25. The SMILES string of the molecule is CCc1c(Cl)ncnc1N1CCC(C(=O)NC)CC1. The molecule has 0 bridgehead atoms. The fraction of sp³-hybridized carbons (Fsp3) is 0.615. The second-order valence-corrected chi connectivity index (χ2v) is 5.05. The van der Waals surface area contributed by atoms with Gasteiger partial charge in [0.15, 0.2) is 0 Å². The van der Waals surface area contributed by atoms with Gasteiger partial charge in [0.05, 0.1) is 0 Å². The molecule has 1 aromatic rings. The van der Waals surface area contributed by atoms with Crippen LogP contribution in [0.2, 0.25) is 5.15 Å². The lowest BCUT2D eigenvalue weighted by molar-refractivity contribution is -0.125. The van der Waals surface area contributed by atoms with E-state index in [1.54, 1.807) is 7.05 Å². The van der Waals surface area contributed by atoms with E-state index in [0.717, 1.165) is 43.7 Å². The van der Waals surface area contributed by atoms with Crippen LogP contribution in [0.5, 0.6) is 0 Å². The van der Waals surface area contributed by atoms with Crippen molar-refractivity contribution >= 4 is 23.3 Å². The minimum atomic E-state index is 0.114. The Morgan fingerprint density at radius 3 is 2.74 bits per heavy atom. The molecule has 0 unspecified atom stereocenters. The maximum atomic E-state index is 11.6. The van der Waals surface area contributed by atoms with Crippen molar-refractivity contribution in [3.05, 3.63) is 17.0 Å². The Labute approximate surface area is 118 Å². The van der Waals surface area contributed by atoms with Crippen molar-refractivity contribution in [3.63, 3.8) is 0 Å². The highest BCUT2D eigenvalue weighted by Crippen LogP contribution is 2.27. The molecule has 0 saturated carbocycles. The normalized spacial score (nSPS) is 16.5. The highest BCUT2D eigenvalue weighted by atomic mass is 35.5. The minimum Gasteiger partial charge on any atom is -0.359 e. The standard InChI is InChI=1S/C13H19ClN4O/c1-3-10-11(14)16-8-17-12(10)18-6-4-9(5-7-18)13(19)15-2/h8-9H,3-7H2,1-2H3,(H,15,19). The monoisotopic (exact) mass is 282 g/mol. The number of halogens is 1. The molecule has 0 spiro atoms. The summed E-state index contributed by atoms with van der Waals surface area (Å²) in [5.41, 5.74) is 0.988. The van der Waals surface area contributed by atoms with Crippen LogP contribution in [0, 0.1) is 5.92 Å². The molecule has 19 heavy (non-hydrogen) atoms. The summed E-state index contributed by atoms with van der Waals surface area (Å²) in [6.45, 7) is 3.71. The molecule has 0 radical (unpaired) electrons. The highest BCUT2D eigenvalue weighted by Gasteiger charge is 2.26. The predicted molar refractivity (Wildman–Crippen MR) is 75.4 cm³/mol. The Bertz CT molecular complexity index is 458. The number of nitrogens with one attached hydrogen (secondary N) is 1. The van der Waals surface area contributed by atoms with Crippen LogP contribution in [-0.4, -0.2) is 36.0 Å². The topological polar surface area (TPSA) is 58.1 Å². The van der Waals surface area contributed by atoms with E-state index in [0.29, 0.717) is 5.15 Å².